The average Bonchev–Trinajstić information content (AvgIpc) is 3.24. The third-order valence-corrected chi connectivity index (χ3v) is 7.05. The maximum Gasteiger partial charge on any atom is 0.257 e. The first-order chi connectivity index (χ1) is 13.9. The molecule has 2 heterocycles. The van der Waals surface area contributed by atoms with E-state index in [4.69, 9.17) is 16.3 Å². The summed E-state index contributed by atoms with van der Waals surface area (Å²) in [4.78, 5) is 14.4. The van der Waals surface area contributed by atoms with E-state index in [1.54, 1.807) is 29.2 Å². The van der Waals surface area contributed by atoms with Crippen molar-refractivity contribution < 1.29 is 22.6 Å². The van der Waals surface area contributed by atoms with Crippen molar-refractivity contribution >= 4 is 38.6 Å². The normalized spacial score (nSPS) is 15.6. The molecule has 0 saturated carbocycles. The summed E-state index contributed by atoms with van der Waals surface area (Å²) in [6.07, 6.45) is 0. The van der Waals surface area contributed by atoms with Crippen LogP contribution in [0.1, 0.15) is 10.4 Å². The second-order valence-corrected chi connectivity index (χ2v) is 8.72. The first-order valence-corrected chi connectivity index (χ1v) is 10.6. The zero-order valence-electron chi connectivity index (χ0n) is 15.4. The minimum absolute atomic E-state index is 0.0253. The Kier molecular flexibility index (Phi) is 5.15. The van der Waals surface area contributed by atoms with Crippen molar-refractivity contribution in [3.63, 3.8) is 0 Å². The van der Waals surface area contributed by atoms with Gasteiger partial charge in [-0.2, -0.15) is 4.31 Å². The lowest BCUT2D eigenvalue weighted by molar-refractivity contribution is 0.0694. The summed E-state index contributed by atoms with van der Waals surface area (Å²) in [5.41, 5.74) is 0.724. The third-order valence-electron chi connectivity index (χ3n) is 4.81. The molecule has 3 aromatic rings. The molecule has 0 atom stereocenters. The zero-order chi connectivity index (χ0) is 20.6. The van der Waals surface area contributed by atoms with Crippen LogP contribution in [0.3, 0.4) is 0 Å². The Bertz CT molecular complexity index is 1170. The minimum Gasteiger partial charge on any atom is -0.496 e. The molecule has 0 bridgehead atoms. The average molecular weight is 437 g/mol. The molecule has 2 aromatic carbocycles. The lowest BCUT2D eigenvalue weighted by Gasteiger charge is -2.34. The number of ether oxygens (including phenoxy) is 1. The molecule has 0 aliphatic carbocycles. The molecular formula is C18H17ClN4O5S. The van der Waals surface area contributed by atoms with Crippen molar-refractivity contribution in [1.82, 2.24) is 19.5 Å². The van der Waals surface area contributed by atoms with Gasteiger partial charge < -0.3 is 9.64 Å². The number of carbonyl (C=O) groups excluding carboxylic acids is 1. The van der Waals surface area contributed by atoms with Crippen molar-refractivity contribution in [2.24, 2.45) is 0 Å². The highest BCUT2D eigenvalue weighted by Gasteiger charge is 2.33. The second kappa shape index (κ2) is 7.62. The molecule has 4 rings (SSSR count). The number of methoxy groups -OCH3 is 1. The molecule has 0 unspecified atom stereocenters. The topological polar surface area (TPSA) is 106 Å². The molecule has 1 amide bonds. The molecule has 1 saturated heterocycles. The van der Waals surface area contributed by atoms with Crippen LogP contribution in [0.15, 0.2) is 45.9 Å². The predicted molar refractivity (Wildman–Crippen MR) is 104 cm³/mol. The molecule has 1 aromatic heterocycles. The number of fused-ring (bicyclic) bond motifs is 1. The number of aromatic nitrogens is 2. The first-order valence-electron chi connectivity index (χ1n) is 8.76. The Balaban J connectivity index is 1.54. The fraction of sp³-hybridized carbons (Fsp3) is 0.278. The Morgan fingerprint density at radius 1 is 1.07 bits per heavy atom. The molecule has 152 valence electrons. The number of amides is 1. The molecule has 0 radical (unpaired) electrons. The van der Waals surface area contributed by atoms with E-state index in [1.165, 1.54) is 23.5 Å². The van der Waals surface area contributed by atoms with Crippen LogP contribution < -0.4 is 4.74 Å². The van der Waals surface area contributed by atoms with Gasteiger partial charge in [-0.05, 0) is 34.6 Å². The van der Waals surface area contributed by atoms with E-state index in [9.17, 15) is 13.2 Å². The van der Waals surface area contributed by atoms with Crippen LogP contribution >= 0.6 is 11.6 Å². The summed E-state index contributed by atoms with van der Waals surface area (Å²) in [6.45, 7) is 0.811. The molecule has 1 fully saturated rings. The standard InChI is InChI=1S/C18H17ClN4O5S/c1-27-14-5-3-2-4-12(14)18(24)22-8-10-23(11-9-22)29(25,26)15-7-6-13(19)16-17(15)21-28-20-16/h2-7H,8-11H2,1H3. The fourth-order valence-corrected chi connectivity index (χ4v) is 5.01. The van der Waals surface area contributed by atoms with Crippen molar-refractivity contribution in [1.29, 1.82) is 0 Å². The summed E-state index contributed by atoms with van der Waals surface area (Å²) in [7, 11) is -2.35. The van der Waals surface area contributed by atoms with Gasteiger partial charge in [0.05, 0.1) is 17.7 Å². The zero-order valence-corrected chi connectivity index (χ0v) is 17.0. The largest absolute Gasteiger partial charge is 0.496 e. The molecule has 11 heteroatoms. The van der Waals surface area contributed by atoms with Crippen molar-refractivity contribution in [2.45, 2.75) is 4.90 Å². The van der Waals surface area contributed by atoms with Gasteiger partial charge in [0.25, 0.3) is 5.91 Å². The van der Waals surface area contributed by atoms with E-state index in [-0.39, 0.29) is 53.0 Å². The van der Waals surface area contributed by atoms with Gasteiger partial charge in [-0.15, -0.1) is 0 Å². The van der Waals surface area contributed by atoms with E-state index in [0.717, 1.165) is 0 Å². The van der Waals surface area contributed by atoms with Crippen LogP contribution in [0.2, 0.25) is 5.02 Å². The molecule has 29 heavy (non-hydrogen) atoms. The smallest absolute Gasteiger partial charge is 0.257 e. The maximum atomic E-state index is 13.1. The lowest BCUT2D eigenvalue weighted by atomic mass is 10.1. The second-order valence-electron chi connectivity index (χ2n) is 6.40. The van der Waals surface area contributed by atoms with Crippen molar-refractivity contribution in [2.75, 3.05) is 33.3 Å². The molecule has 9 nitrogen and oxygen atoms in total. The Morgan fingerprint density at radius 2 is 1.76 bits per heavy atom. The molecule has 0 spiro atoms. The van der Waals surface area contributed by atoms with E-state index in [0.29, 0.717) is 11.3 Å². The summed E-state index contributed by atoms with van der Waals surface area (Å²) in [5, 5.41) is 7.60. The minimum atomic E-state index is -3.85. The van der Waals surface area contributed by atoms with Crippen LogP contribution in [0.25, 0.3) is 11.0 Å². The van der Waals surface area contributed by atoms with E-state index in [1.807, 2.05) is 0 Å². The predicted octanol–water partition coefficient (Wildman–Crippen LogP) is 2.03. The van der Waals surface area contributed by atoms with Gasteiger partial charge in [0, 0.05) is 26.2 Å². The summed E-state index contributed by atoms with van der Waals surface area (Å²) in [6, 6.07) is 9.77. The van der Waals surface area contributed by atoms with Gasteiger partial charge >= 0.3 is 0 Å². The van der Waals surface area contributed by atoms with Crippen molar-refractivity contribution in [3.8, 4) is 5.75 Å². The number of sulfonamides is 1. The number of halogens is 1. The van der Waals surface area contributed by atoms with E-state index < -0.39 is 10.0 Å². The van der Waals surface area contributed by atoms with E-state index >= 15 is 0 Å². The van der Waals surface area contributed by atoms with Gasteiger partial charge in [0.15, 0.2) is 11.0 Å². The monoisotopic (exact) mass is 436 g/mol. The third kappa shape index (κ3) is 3.43. The van der Waals surface area contributed by atoms with Crippen LogP contribution in [0.5, 0.6) is 5.75 Å². The van der Waals surface area contributed by atoms with Gasteiger partial charge in [0.2, 0.25) is 10.0 Å². The van der Waals surface area contributed by atoms with E-state index in [2.05, 4.69) is 14.9 Å². The first kappa shape index (κ1) is 19.6. The lowest BCUT2D eigenvalue weighted by Crippen LogP contribution is -2.50. The number of para-hydroxylation sites is 1. The highest BCUT2D eigenvalue weighted by Crippen LogP contribution is 2.29. The fourth-order valence-electron chi connectivity index (χ4n) is 3.28. The summed E-state index contributed by atoms with van der Waals surface area (Å²) < 4.78 is 37.4. The van der Waals surface area contributed by atoms with Crippen LogP contribution in [0, 0.1) is 0 Å². The molecule has 1 aliphatic rings. The Labute approximate surface area is 171 Å². The maximum absolute atomic E-state index is 13.1. The number of nitrogens with zero attached hydrogens (tertiary/aromatic N) is 4. The van der Waals surface area contributed by atoms with Gasteiger partial charge in [0.1, 0.15) is 10.6 Å². The molecular weight excluding hydrogens is 420 g/mol. The number of rotatable bonds is 4. The van der Waals surface area contributed by atoms with Crippen LogP contribution in [0.4, 0.5) is 0 Å². The van der Waals surface area contributed by atoms with Gasteiger partial charge in [-0.1, -0.05) is 23.7 Å². The molecule has 0 N–H and O–H groups in total. The van der Waals surface area contributed by atoms with Gasteiger partial charge in [-0.3, -0.25) is 4.79 Å². The summed E-state index contributed by atoms with van der Waals surface area (Å²) in [5.74, 6) is 0.281. The summed E-state index contributed by atoms with van der Waals surface area (Å²) >= 11 is 6.02. The van der Waals surface area contributed by atoms with Crippen LogP contribution in [-0.4, -0.2) is 67.1 Å². The van der Waals surface area contributed by atoms with Crippen molar-refractivity contribution in [3.05, 3.63) is 47.0 Å². The Hall–Kier alpha value is -2.69. The number of piperazine rings is 1. The highest BCUT2D eigenvalue weighted by atomic mass is 35.5. The highest BCUT2D eigenvalue weighted by molar-refractivity contribution is 7.89. The quantitative estimate of drug-likeness (QED) is 0.616. The number of carbonyl (C=O) groups is 1. The number of hydrogen-bond donors (Lipinski definition) is 0. The number of hydrogen-bond acceptors (Lipinski definition) is 7. The SMILES string of the molecule is COc1ccccc1C(=O)N1CCN(S(=O)(=O)c2ccc(Cl)c3nonc23)CC1. The molecule has 1 aliphatic heterocycles. The van der Waals surface area contributed by atoms with Gasteiger partial charge in [-0.25, -0.2) is 13.0 Å². The van der Waals surface area contributed by atoms with Crippen LogP contribution in [-0.2, 0) is 10.0 Å². The number of benzene rings is 2. The Morgan fingerprint density at radius 3 is 2.48 bits per heavy atom.